The average molecular weight is 118 g/mol. The maximum absolute atomic E-state index is 3.87. The number of rotatable bonds is 1. The average Bonchev–Trinajstić information content (AvgIpc) is 1.61. The molecule has 0 nitrogen and oxygen atoms in total. The van der Waals surface area contributed by atoms with Crippen LogP contribution in [0.3, 0.4) is 0 Å². The van der Waals surface area contributed by atoms with Crippen LogP contribution in [0.4, 0.5) is 0 Å². The Balaban J connectivity index is 2.79. The van der Waals surface area contributed by atoms with E-state index in [-0.39, 0.29) is 0 Å². The molecule has 0 saturated heterocycles. The molecule has 0 fully saturated rings. The van der Waals surface area contributed by atoms with Gasteiger partial charge in [0, 0.05) is 0 Å². The van der Waals surface area contributed by atoms with Gasteiger partial charge in [-0.25, -0.2) is 0 Å². The summed E-state index contributed by atoms with van der Waals surface area (Å²) in [5.74, 6) is 6.42. The molecule has 0 aromatic rings. The molecular weight excluding hydrogens is 112 g/mol. The molecule has 0 atom stereocenters. The first-order valence-electron chi connectivity index (χ1n) is 1.57. The monoisotopic (exact) mass is 118 g/mol. The molecule has 0 radical (unpaired) electrons. The third-order valence-electron chi connectivity index (χ3n) is 0.313. The van der Waals surface area contributed by atoms with Gasteiger partial charge in [0.05, 0.1) is 5.75 Å². The first kappa shape index (κ1) is 6.26. The van der Waals surface area contributed by atoms with Crippen LogP contribution in [0.2, 0.25) is 0 Å². The van der Waals surface area contributed by atoms with Crippen LogP contribution in [-0.4, -0.2) is 5.75 Å². The minimum atomic E-state index is 0.833. The van der Waals surface area contributed by atoms with Crippen molar-refractivity contribution in [2.45, 2.75) is 6.92 Å². The smallest absolute Gasteiger partial charge is 0.0648 e. The minimum absolute atomic E-state index is 0.833. The van der Waals surface area contributed by atoms with Crippen molar-refractivity contribution in [3.8, 4) is 11.8 Å². The summed E-state index contributed by atoms with van der Waals surface area (Å²) < 4.78 is 0. The first-order valence-corrected chi connectivity index (χ1v) is 3.61. The van der Waals surface area contributed by atoms with Gasteiger partial charge in [0.1, 0.15) is 0 Å². The quantitative estimate of drug-likeness (QED) is 0.310. The SMILES string of the molecule is CC#CCSS. The normalized spacial score (nSPS) is 6.33. The molecule has 6 heavy (non-hydrogen) atoms. The van der Waals surface area contributed by atoms with Crippen molar-refractivity contribution >= 4 is 22.5 Å². The molecule has 34 valence electrons. The van der Waals surface area contributed by atoms with Crippen LogP contribution in [-0.2, 0) is 0 Å². The maximum Gasteiger partial charge on any atom is 0.0648 e. The molecule has 0 aliphatic heterocycles. The molecule has 0 unspecified atom stereocenters. The molecule has 0 rings (SSSR count). The molecule has 0 heterocycles. The van der Waals surface area contributed by atoms with E-state index in [1.807, 2.05) is 6.92 Å². The highest BCUT2D eigenvalue weighted by Crippen LogP contribution is 2.00. The van der Waals surface area contributed by atoms with Crippen LogP contribution in [0.25, 0.3) is 0 Å². The van der Waals surface area contributed by atoms with E-state index in [0.29, 0.717) is 0 Å². The lowest BCUT2D eigenvalue weighted by Gasteiger charge is -1.71. The first-order chi connectivity index (χ1) is 2.91. The Bertz CT molecular complexity index is 67.4. The summed E-state index contributed by atoms with van der Waals surface area (Å²) in [4.78, 5) is 0. The molecule has 0 aromatic carbocycles. The highest BCUT2D eigenvalue weighted by molar-refractivity contribution is 8.68. The van der Waals surface area contributed by atoms with Gasteiger partial charge in [-0.3, -0.25) is 0 Å². The van der Waals surface area contributed by atoms with Crippen molar-refractivity contribution in [2.75, 3.05) is 5.75 Å². The molecule has 0 saturated carbocycles. The summed E-state index contributed by atoms with van der Waals surface area (Å²) in [5, 5.41) is 0. The number of hydrogen-bond donors (Lipinski definition) is 1. The third kappa shape index (κ3) is 4.26. The second-order valence-corrected chi connectivity index (χ2v) is 2.02. The molecule has 0 spiro atoms. The van der Waals surface area contributed by atoms with E-state index >= 15 is 0 Å². The summed E-state index contributed by atoms with van der Waals surface area (Å²) in [7, 11) is 1.45. The number of hydrogen-bond acceptors (Lipinski definition) is 2. The zero-order chi connectivity index (χ0) is 4.83. The Morgan fingerprint density at radius 1 is 1.83 bits per heavy atom. The Morgan fingerprint density at radius 2 is 2.50 bits per heavy atom. The van der Waals surface area contributed by atoms with Crippen molar-refractivity contribution in [1.29, 1.82) is 0 Å². The van der Waals surface area contributed by atoms with Crippen LogP contribution in [0, 0.1) is 11.8 Å². The third-order valence-corrected chi connectivity index (χ3v) is 0.974. The summed E-state index contributed by atoms with van der Waals surface area (Å²) in [6, 6.07) is 0. The fourth-order valence-corrected chi connectivity index (χ4v) is 0.507. The van der Waals surface area contributed by atoms with Crippen molar-refractivity contribution in [1.82, 2.24) is 0 Å². The predicted octanol–water partition coefficient (Wildman–Crippen LogP) is 1.59. The fraction of sp³-hybridized carbons (Fsp3) is 0.500. The summed E-state index contributed by atoms with van der Waals surface area (Å²) in [6.07, 6.45) is 0. The van der Waals surface area contributed by atoms with Gasteiger partial charge < -0.3 is 0 Å². The fourth-order valence-electron chi connectivity index (χ4n) is 0.104. The highest BCUT2D eigenvalue weighted by Gasteiger charge is 1.64. The largest absolute Gasteiger partial charge is 0.110 e. The van der Waals surface area contributed by atoms with Crippen molar-refractivity contribution in [2.24, 2.45) is 0 Å². The van der Waals surface area contributed by atoms with E-state index in [0.717, 1.165) is 5.75 Å². The number of thiol groups is 1. The Morgan fingerprint density at radius 3 is 2.67 bits per heavy atom. The second-order valence-electron chi connectivity index (χ2n) is 0.700. The van der Waals surface area contributed by atoms with Crippen LogP contribution in [0.1, 0.15) is 6.92 Å². The predicted molar refractivity (Wildman–Crippen MR) is 34.9 cm³/mol. The Kier molecular flexibility index (Phi) is 5.49. The van der Waals surface area contributed by atoms with E-state index in [1.54, 1.807) is 0 Å². The van der Waals surface area contributed by atoms with Crippen LogP contribution >= 0.6 is 22.5 Å². The van der Waals surface area contributed by atoms with Crippen molar-refractivity contribution in [3.05, 3.63) is 0 Å². The molecule has 2 heteroatoms. The van der Waals surface area contributed by atoms with E-state index < -0.39 is 0 Å². The maximum atomic E-state index is 3.87. The summed E-state index contributed by atoms with van der Waals surface area (Å²) >= 11 is 3.87. The highest BCUT2D eigenvalue weighted by atomic mass is 33.1. The molecule has 0 aromatic heterocycles. The van der Waals surface area contributed by atoms with Gasteiger partial charge >= 0.3 is 0 Å². The van der Waals surface area contributed by atoms with E-state index in [4.69, 9.17) is 0 Å². The van der Waals surface area contributed by atoms with Gasteiger partial charge in [0.15, 0.2) is 0 Å². The lowest BCUT2D eigenvalue weighted by molar-refractivity contribution is 1.85. The van der Waals surface area contributed by atoms with E-state index in [9.17, 15) is 0 Å². The van der Waals surface area contributed by atoms with E-state index in [2.05, 4.69) is 23.5 Å². The van der Waals surface area contributed by atoms with Gasteiger partial charge in [-0.05, 0) is 6.92 Å². The van der Waals surface area contributed by atoms with Gasteiger partial charge in [0.25, 0.3) is 0 Å². The molecular formula is C4H6S2. The van der Waals surface area contributed by atoms with Gasteiger partial charge in [-0.15, -0.1) is 17.6 Å². The summed E-state index contributed by atoms with van der Waals surface area (Å²) in [5.41, 5.74) is 0. The van der Waals surface area contributed by atoms with E-state index in [1.165, 1.54) is 10.8 Å². The lowest BCUT2D eigenvalue weighted by Crippen LogP contribution is -1.57. The van der Waals surface area contributed by atoms with Crippen LogP contribution < -0.4 is 0 Å². The molecule has 0 aliphatic rings. The standard InChI is InChI=1S/C4H6S2/c1-2-3-4-6-5/h5H,4H2,1H3. The van der Waals surface area contributed by atoms with Gasteiger partial charge in [0.2, 0.25) is 0 Å². The molecule has 0 aliphatic carbocycles. The zero-order valence-electron chi connectivity index (χ0n) is 3.56. The molecule has 0 bridgehead atoms. The topological polar surface area (TPSA) is 0 Å². The molecule has 0 N–H and O–H groups in total. The second kappa shape index (κ2) is 5.26. The lowest BCUT2D eigenvalue weighted by atomic mass is 10.7. The van der Waals surface area contributed by atoms with Crippen molar-refractivity contribution < 1.29 is 0 Å². The Labute approximate surface area is 47.5 Å². The van der Waals surface area contributed by atoms with Crippen LogP contribution in [0.5, 0.6) is 0 Å². The van der Waals surface area contributed by atoms with Gasteiger partial charge in [-0.2, -0.15) is 0 Å². The van der Waals surface area contributed by atoms with Crippen molar-refractivity contribution in [3.63, 3.8) is 0 Å². The van der Waals surface area contributed by atoms with Gasteiger partial charge in [-0.1, -0.05) is 16.7 Å². The minimum Gasteiger partial charge on any atom is -0.110 e. The zero-order valence-corrected chi connectivity index (χ0v) is 5.27. The van der Waals surface area contributed by atoms with Crippen LogP contribution in [0.15, 0.2) is 0 Å². The Hall–Kier alpha value is 0.260. The molecule has 0 amide bonds. The summed E-state index contributed by atoms with van der Waals surface area (Å²) in [6.45, 7) is 1.82.